The number of methoxy groups -OCH3 is 1. The van der Waals surface area contributed by atoms with E-state index in [2.05, 4.69) is 10.3 Å². The molecular weight excluding hydrogens is 360 g/mol. The van der Waals surface area contributed by atoms with Gasteiger partial charge in [0.1, 0.15) is 10.8 Å². The average Bonchev–Trinajstić information content (AvgIpc) is 3.16. The number of carbonyl (C=O) groups is 2. The van der Waals surface area contributed by atoms with Crippen molar-refractivity contribution in [2.45, 2.75) is 19.8 Å². The second-order valence-corrected chi connectivity index (χ2v) is 6.91. The highest BCUT2D eigenvalue weighted by Gasteiger charge is 2.08. The molecule has 1 N–H and O–H groups in total. The van der Waals surface area contributed by atoms with Crippen LogP contribution in [0.1, 0.15) is 29.4 Å². The minimum atomic E-state index is -0.0791. The van der Waals surface area contributed by atoms with Gasteiger partial charge in [0.05, 0.1) is 12.8 Å². The van der Waals surface area contributed by atoms with Crippen LogP contribution in [0.25, 0.3) is 10.6 Å². The Labute approximate surface area is 162 Å². The summed E-state index contributed by atoms with van der Waals surface area (Å²) < 4.78 is 5.16. The molecule has 1 heterocycles. The van der Waals surface area contributed by atoms with Crippen molar-refractivity contribution in [3.05, 3.63) is 65.2 Å². The third-order valence-corrected chi connectivity index (χ3v) is 5.01. The SMILES string of the molecule is COc1ccc(-c2nc(CCC(=O)Nc3ccc(C(C)=O)cc3)cs2)cc1. The predicted molar refractivity (Wildman–Crippen MR) is 107 cm³/mol. The summed E-state index contributed by atoms with van der Waals surface area (Å²) in [6, 6.07) is 14.6. The summed E-state index contributed by atoms with van der Waals surface area (Å²) in [5, 5.41) is 5.75. The number of nitrogens with zero attached hydrogens (tertiary/aromatic N) is 1. The Morgan fingerprint density at radius 1 is 1.07 bits per heavy atom. The molecule has 3 aromatic rings. The van der Waals surface area contributed by atoms with Crippen molar-refractivity contribution in [1.29, 1.82) is 0 Å². The maximum absolute atomic E-state index is 12.1. The number of amides is 1. The number of carbonyl (C=O) groups excluding carboxylic acids is 2. The van der Waals surface area contributed by atoms with Crippen molar-refractivity contribution in [2.24, 2.45) is 0 Å². The summed E-state index contributed by atoms with van der Waals surface area (Å²) in [7, 11) is 1.64. The molecule has 1 aromatic heterocycles. The zero-order valence-electron chi connectivity index (χ0n) is 15.2. The van der Waals surface area contributed by atoms with Gasteiger partial charge in [0.25, 0.3) is 0 Å². The smallest absolute Gasteiger partial charge is 0.224 e. The van der Waals surface area contributed by atoms with Crippen LogP contribution in [-0.4, -0.2) is 23.8 Å². The van der Waals surface area contributed by atoms with E-state index in [9.17, 15) is 9.59 Å². The van der Waals surface area contributed by atoms with E-state index < -0.39 is 0 Å². The lowest BCUT2D eigenvalue weighted by atomic mass is 10.1. The van der Waals surface area contributed by atoms with Gasteiger partial charge < -0.3 is 10.1 Å². The summed E-state index contributed by atoms with van der Waals surface area (Å²) in [5.74, 6) is 0.734. The molecule has 0 fully saturated rings. The Kier molecular flexibility index (Phi) is 5.98. The van der Waals surface area contributed by atoms with E-state index in [1.807, 2.05) is 29.6 Å². The molecule has 0 saturated carbocycles. The number of hydrogen-bond acceptors (Lipinski definition) is 5. The number of hydrogen-bond donors (Lipinski definition) is 1. The van der Waals surface area contributed by atoms with Crippen molar-refractivity contribution in [2.75, 3.05) is 12.4 Å². The van der Waals surface area contributed by atoms with Gasteiger partial charge in [-0.1, -0.05) is 0 Å². The van der Waals surface area contributed by atoms with Gasteiger partial charge in [-0.2, -0.15) is 0 Å². The molecule has 138 valence electrons. The standard InChI is InChI=1S/C21H20N2O3S/c1-14(24)15-3-7-17(8-4-15)22-20(25)12-9-18-13-27-21(23-18)16-5-10-19(26-2)11-6-16/h3-8,10-11,13H,9,12H2,1-2H3,(H,22,25). The summed E-state index contributed by atoms with van der Waals surface area (Å²) in [6.07, 6.45) is 0.921. The zero-order chi connectivity index (χ0) is 19.2. The van der Waals surface area contributed by atoms with E-state index in [1.165, 1.54) is 6.92 Å². The van der Waals surface area contributed by atoms with E-state index in [0.29, 0.717) is 24.1 Å². The van der Waals surface area contributed by atoms with Crippen molar-refractivity contribution < 1.29 is 14.3 Å². The summed E-state index contributed by atoms with van der Waals surface area (Å²) >= 11 is 1.56. The van der Waals surface area contributed by atoms with Crippen molar-refractivity contribution in [1.82, 2.24) is 4.98 Å². The minimum absolute atomic E-state index is 0.00377. The lowest BCUT2D eigenvalue weighted by molar-refractivity contribution is -0.116. The highest BCUT2D eigenvalue weighted by atomic mass is 32.1. The number of nitrogens with one attached hydrogen (secondary N) is 1. The van der Waals surface area contributed by atoms with Gasteiger partial charge in [0.15, 0.2) is 5.78 Å². The maximum Gasteiger partial charge on any atom is 0.224 e. The number of thiazole rings is 1. The summed E-state index contributed by atoms with van der Waals surface area (Å²) in [5.41, 5.74) is 3.23. The van der Waals surface area contributed by atoms with Gasteiger partial charge in [0, 0.05) is 28.6 Å². The topological polar surface area (TPSA) is 68.3 Å². The molecule has 0 aliphatic carbocycles. The molecule has 5 nitrogen and oxygen atoms in total. The molecule has 0 bridgehead atoms. The Balaban J connectivity index is 1.54. The number of benzene rings is 2. The molecule has 0 aliphatic heterocycles. The average molecular weight is 380 g/mol. The first-order chi connectivity index (χ1) is 13.0. The predicted octanol–water partition coefficient (Wildman–Crippen LogP) is 4.59. The van der Waals surface area contributed by atoms with Crippen LogP contribution in [0.15, 0.2) is 53.9 Å². The number of ketones is 1. The number of ether oxygens (including phenoxy) is 1. The summed E-state index contributed by atoms with van der Waals surface area (Å²) in [4.78, 5) is 28.0. The number of rotatable bonds is 7. The number of Topliss-reactive ketones (excluding diaryl/α,β-unsaturated/α-hetero) is 1. The van der Waals surface area contributed by atoms with Crippen molar-refractivity contribution in [3.63, 3.8) is 0 Å². The third kappa shape index (κ3) is 5.01. The van der Waals surface area contributed by atoms with Crippen LogP contribution in [-0.2, 0) is 11.2 Å². The molecule has 1 amide bonds. The van der Waals surface area contributed by atoms with Crippen molar-refractivity contribution in [3.8, 4) is 16.3 Å². The van der Waals surface area contributed by atoms with Crippen LogP contribution in [0.5, 0.6) is 5.75 Å². The van der Waals surface area contributed by atoms with Gasteiger partial charge in [-0.3, -0.25) is 9.59 Å². The van der Waals surface area contributed by atoms with E-state index >= 15 is 0 Å². The second-order valence-electron chi connectivity index (χ2n) is 6.05. The van der Waals surface area contributed by atoms with Gasteiger partial charge in [-0.05, 0) is 61.9 Å². The van der Waals surface area contributed by atoms with E-state index in [1.54, 1.807) is 42.7 Å². The monoisotopic (exact) mass is 380 g/mol. The fourth-order valence-corrected chi connectivity index (χ4v) is 3.40. The fourth-order valence-electron chi connectivity index (χ4n) is 2.54. The largest absolute Gasteiger partial charge is 0.497 e. The van der Waals surface area contributed by atoms with E-state index in [4.69, 9.17) is 4.74 Å². The third-order valence-electron chi connectivity index (χ3n) is 4.07. The van der Waals surface area contributed by atoms with Gasteiger partial charge in [-0.15, -0.1) is 11.3 Å². The molecule has 6 heteroatoms. The lowest BCUT2D eigenvalue weighted by Gasteiger charge is -2.05. The molecule has 0 aliphatic rings. The Morgan fingerprint density at radius 2 is 1.78 bits per heavy atom. The number of aromatic nitrogens is 1. The lowest BCUT2D eigenvalue weighted by Crippen LogP contribution is -2.12. The Bertz CT molecular complexity index is 931. The highest BCUT2D eigenvalue weighted by molar-refractivity contribution is 7.13. The Hall–Kier alpha value is -2.99. The molecule has 0 radical (unpaired) electrons. The van der Waals surface area contributed by atoms with Gasteiger partial charge in [0.2, 0.25) is 5.91 Å². The first-order valence-electron chi connectivity index (χ1n) is 8.55. The molecule has 0 saturated heterocycles. The first-order valence-corrected chi connectivity index (χ1v) is 9.43. The molecule has 0 unspecified atom stereocenters. The van der Waals surface area contributed by atoms with Gasteiger partial charge in [-0.25, -0.2) is 4.98 Å². The van der Waals surface area contributed by atoms with Crippen LogP contribution in [0.4, 0.5) is 5.69 Å². The molecular formula is C21H20N2O3S. The molecule has 2 aromatic carbocycles. The second kappa shape index (κ2) is 8.60. The quantitative estimate of drug-likeness (QED) is 0.609. The Morgan fingerprint density at radius 3 is 2.41 bits per heavy atom. The molecule has 0 atom stereocenters. The van der Waals surface area contributed by atoms with Crippen LogP contribution < -0.4 is 10.1 Å². The first kappa shape index (κ1) is 18.8. The number of aryl methyl sites for hydroxylation is 1. The maximum atomic E-state index is 12.1. The fraction of sp³-hybridized carbons (Fsp3) is 0.190. The molecule has 0 spiro atoms. The summed E-state index contributed by atoms with van der Waals surface area (Å²) in [6.45, 7) is 1.52. The molecule has 3 rings (SSSR count). The zero-order valence-corrected chi connectivity index (χ0v) is 16.0. The van der Waals surface area contributed by atoms with Gasteiger partial charge >= 0.3 is 0 Å². The highest BCUT2D eigenvalue weighted by Crippen LogP contribution is 2.26. The van der Waals surface area contributed by atoms with E-state index in [-0.39, 0.29) is 11.7 Å². The van der Waals surface area contributed by atoms with Crippen LogP contribution in [0.2, 0.25) is 0 Å². The number of anilines is 1. The van der Waals surface area contributed by atoms with E-state index in [0.717, 1.165) is 22.0 Å². The van der Waals surface area contributed by atoms with Crippen molar-refractivity contribution >= 4 is 28.7 Å². The normalized spacial score (nSPS) is 10.4. The molecule has 27 heavy (non-hydrogen) atoms. The van der Waals surface area contributed by atoms with Crippen LogP contribution >= 0.6 is 11.3 Å². The minimum Gasteiger partial charge on any atom is -0.497 e. The van der Waals surface area contributed by atoms with Crippen LogP contribution in [0.3, 0.4) is 0 Å². The van der Waals surface area contributed by atoms with Crippen LogP contribution in [0, 0.1) is 0 Å².